The molecule has 17 heavy (non-hydrogen) atoms. The zero-order valence-corrected chi connectivity index (χ0v) is 11.0. The van der Waals surface area contributed by atoms with Crippen molar-refractivity contribution >= 4 is 23.3 Å². The molecular formula is C12H17ClN2O2. The number of nitrogen functional groups attached to an aromatic ring is 1. The van der Waals surface area contributed by atoms with E-state index in [9.17, 15) is 4.79 Å². The predicted octanol–water partition coefficient (Wildman–Crippen LogP) is 2.45. The number of nitrogens with two attached hydrogens (primary N) is 1. The van der Waals surface area contributed by atoms with Crippen LogP contribution in [0, 0.1) is 5.41 Å². The van der Waals surface area contributed by atoms with Gasteiger partial charge < -0.3 is 10.5 Å². The third kappa shape index (κ3) is 3.60. The van der Waals surface area contributed by atoms with E-state index in [1.165, 1.54) is 0 Å². The van der Waals surface area contributed by atoms with Crippen molar-refractivity contribution < 1.29 is 9.53 Å². The Morgan fingerprint density at radius 3 is 2.76 bits per heavy atom. The zero-order valence-electron chi connectivity index (χ0n) is 10.3. The van der Waals surface area contributed by atoms with Crippen LogP contribution in [-0.2, 0) is 16.0 Å². The molecule has 1 aromatic heterocycles. The molecule has 1 aromatic rings. The summed E-state index contributed by atoms with van der Waals surface area (Å²) in [5.74, 6) is -0.263. The molecule has 0 aromatic carbocycles. The predicted molar refractivity (Wildman–Crippen MR) is 67.8 cm³/mol. The molecule has 0 saturated heterocycles. The van der Waals surface area contributed by atoms with Crippen LogP contribution in [0.15, 0.2) is 12.1 Å². The molecule has 0 bridgehead atoms. The summed E-state index contributed by atoms with van der Waals surface area (Å²) >= 11 is 5.80. The van der Waals surface area contributed by atoms with E-state index < -0.39 is 5.41 Å². The summed E-state index contributed by atoms with van der Waals surface area (Å²) in [7, 11) is 0. The summed E-state index contributed by atoms with van der Waals surface area (Å²) in [5, 5.41) is 0.369. The minimum atomic E-state index is -0.665. The average molecular weight is 257 g/mol. The Morgan fingerprint density at radius 1 is 1.53 bits per heavy atom. The number of hydrogen-bond acceptors (Lipinski definition) is 4. The van der Waals surface area contributed by atoms with Crippen LogP contribution in [-0.4, -0.2) is 17.6 Å². The van der Waals surface area contributed by atoms with Gasteiger partial charge in [-0.15, -0.1) is 0 Å². The fourth-order valence-electron chi connectivity index (χ4n) is 1.44. The number of anilines is 1. The summed E-state index contributed by atoms with van der Waals surface area (Å²) in [6.07, 6.45) is 0.401. The Hall–Kier alpha value is -1.29. The standard InChI is InChI=1S/C12H17ClN2O2/c1-4-17-11(16)12(2,3)7-9-8(14)5-6-10(13)15-9/h5-6H,4,7,14H2,1-3H3. The van der Waals surface area contributed by atoms with Crippen LogP contribution < -0.4 is 5.73 Å². The second-order valence-corrected chi connectivity index (χ2v) is 4.84. The zero-order chi connectivity index (χ0) is 13.1. The van der Waals surface area contributed by atoms with Crippen molar-refractivity contribution in [1.29, 1.82) is 0 Å². The molecule has 1 heterocycles. The van der Waals surface area contributed by atoms with Gasteiger partial charge in [-0.25, -0.2) is 4.98 Å². The van der Waals surface area contributed by atoms with Crippen molar-refractivity contribution in [3.05, 3.63) is 23.0 Å². The van der Waals surface area contributed by atoms with Gasteiger partial charge in [0.1, 0.15) is 5.15 Å². The quantitative estimate of drug-likeness (QED) is 0.664. The maximum Gasteiger partial charge on any atom is 0.311 e. The molecule has 0 aliphatic heterocycles. The summed E-state index contributed by atoms with van der Waals surface area (Å²) in [4.78, 5) is 15.9. The first kappa shape index (κ1) is 13.8. The molecule has 0 aliphatic rings. The maximum atomic E-state index is 11.7. The lowest BCUT2D eigenvalue weighted by Crippen LogP contribution is -2.29. The minimum Gasteiger partial charge on any atom is -0.466 e. The highest BCUT2D eigenvalue weighted by Gasteiger charge is 2.30. The number of rotatable bonds is 4. The molecule has 0 unspecified atom stereocenters. The number of carbonyl (C=O) groups is 1. The largest absolute Gasteiger partial charge is 0.466 e. The monoisotopic (exact) mass is 256 g/mol. The fourth-order valence-corrected chi connectivity index (χ4v) is 1.61. The molecule has 0 fully saturated rings. The van der Waals surface area contributed by atoms with E-state index in [0.717, 1.165) is 0 Å². The lowest BCUT2D eigenvalue weighted by Gasteiger charge is -2.22. The first-order valence-electron chi connectivity index (χ1n) is 5.45. The number of hydrogen-bond donors (Lipinski definition) is 1. The number of esters is 1. The smallest absolute Gasteiger partial charge is 0.311 e. The number of carbonyl (C=O) groups excluding carboxylic acids is 1. The van der Waals surface area contributed by atoms with Gasteiger partial charge in [-0.2, -0.15) is 0 Å². The molecule has 0 amide bonds. The summed E-state index contributed by atoms with van der Waals surface area (Å²) in [6.45, 7) is 5.74. The van der Waals surface area contributed by atoms with Crippen LogP contribution in [0.3, 0.4) is 0 Å². The van der Waals surface area contributed by atoms with Gasteiger partial charge in [0.2, 0.25) is 0 Å². The maximum absolute atomic E-state index is 11.7. The van der Waals surface area contributed by atoms with Crippen molar-refractivity contribution in [2.75, 3.05) is 12.3 Å². The van der Waals surface area contributed by atoms with Crippen LogP contribution >= 0.6 is 11.6 Å². The Bertz CT molecular complexity index is 419. The molecule has 5 heteroatoms. The van der Waals surface area contributed by atoms with Gasteiger partial charge in [-0.1, -0.05) is 11.6 Å². The van der Waals surface area contributed by atoms with E-state index in [4.69, 9.17) is 22.1 Å². The van der Waals surface area contributed by atoms with Crippen LogP contribution in [0.2, 0.25) is 5.15 Å². The van der Waals surface area contributed by atoms with E-state index in [2.05, 4.69) is 4.98 Å². The summed E-state index contributed by atoms with van der Waals surface area (Å²) in [5.41, 5.74) is 6.29. The third-order valence-corrected chi connectivity index (χ3v) is 2.62. The molecule has 0 aliphatic carbocycles. The number of nitrogens with zero attached hydrogens (tertiary/aromatic N) is 1. The Morgan fingerprint density at radius 2 is 2.18 bits per heavy atom. The molecule has 0 spiro atoms. The van der Waals surface area contributed by atoms with Gasteiger partial charge in [0, 0.05) is 6.42 Å². The fraction of sp³-hybridized carbons (Fsp3) is 0.500. The minimum absolute atomic E-state index is 0.263. The normalized spacial score (nSPS) is 11.3. The van der Waals surface area contributed by atoms with Crippen molar-refractivity contribution in [2.24, 2.45) is 5.41 Å². The van der Waals surface area contributed by atoms with Crippen LogP contribution in [0.1, 0.15) is 26.5 Å². The Balaban J connectivity index is 2.89. The SMILES string of the molecule is CCOC(=O)C(C)(C)Cc1nc(Cl)ccc1N. The molecule has 0 saturated carbocycles. The van der Waals surface area contributed by atoms with Crippen molar-refractivity contribution in [3.63, 3.8) is 0 Å². The van der Waals surface area contributed by atoms with E-state index in [1.807, 2.05) is 0 Å². The number of pyridine rings is 1. The van der Waals surface area contributed by atoms with Gasteiger partial charge >= 0.3 is 5.97 Å². The highest BCUT2D eigenvalue weighted by molar-refractivity contribution is 6.29. The van der Waals surface area contributed by atoms with Crippen LogP contribution in [0.25, 0.3) is 0 Å². The number of aromatic nitrogens is 1. The van der Waals surface area contributed by atoms with Gasteiger partial charge in [0.25, 0.3) is 0 Å². The molecular weight excluding hydrogens is 240 g/mol. The molecule has 94 valence electrons. The molecule has 4 nitrogen and oxygen atoms in total. The summed E-state index contributed by atoms with van der Waals surface area (Å²) < 4.78 is 5.01. The van der Waals surface area contributed by atoms with Gasteiger partial charge in [0.05, 0.1) is 23.4 Å². The Labute approximate surface area is 106 Å². The first-order valence-corrected chi connectivity index (χ1v) is 5.82. The van der Waals surface area contributed by atoms with E-state index in [0.29, 0.717) is 29.6 Å². The molecule has 0 radical (unpaired) electrons. The van der Waals surface area contributed by atoms with E-state index in [-0.39, 0.29) is 5.97 Å². The second kappa shape index (κ2) is 5.36. The van der Waals surface area contributed by atoms with Crippen molar-refractivity contribution in [1.82, 2.24) is 4.98 Å². The van der Waals surface area contributed by atoms with Crippen molar-refractivity contribution in [3.8, 4) is 0 Å². The molecule has 1 rings (SSSR count). The highest BCUT2D eigenvalue weighted by atomic mass is 35.5. The number of halogens is 1. The lowest BCUT2D eigenvalue weighted by molar-refractivity contribution is -0.153. The van der Waals surface area contributed by atoms with Gasteiger partial charge in [-0.05, 0) is 32.9 Å². The number of ether oxygens (including phenoxy) is 1. The Kier molecular flexibility index (Phi) is 4.34. The molecule has 2 N–H and O–H groups in total. The van der Waals surface area contributed by atoms with Crippen LogP contribution in [0.4, 0.5) is 5.69 Å². The third-order valence-electron chi connectivity index (χ3n) is 2.41. The van der Waals surface area contributed by atoms with E-state index in [1.54, 1.807) is 32.9 Å². The van der Waals surface area contributed by atoms with E-state index >= 15 is 0 Å². The topological polar surface area (TPSA) is 65.2 Å². The van der Waals surface area contributed by atoms with Crippen LogP contribution in [0.5, 0.6) is 0 Å². The second-order valence-electron chi connectivity index (χ2n) is 4.45. The average Bonchev–Trinajstić information content (AvgIpc) is 2.23. The van der Waals surface area contributed by atoms with Crippen molar-refractivity contribution in [2.45, 2.75) is 27.2 Å². The molecule has 0 atom stereocenters. The highest BCUT2D eigenvalue weighted by Crippen LogP contribution is 2.26. The lowest BCUT2D eigenvalue weighted by atomic mass is 9.87. The summed E-state index contributed by atoms with van der Waals surface area (Å²) in [6, 6.07) is 3.31. The first-order chi connectivity index (χ1) is 7.86. The van der Waals surface area contributed by atoms with Gasteiger partial charge in [0.15, 0.2) is 0 Å². The van der Waals surface area contributed by atoms with Gasteiger partial charge in [-0.3, -0.25) is 4.79 Å².